The lowest BCUT2D eigenvalue weighted by Crippen LogP contribution is -2.50. The summed E-state index contributed by atoms with van der Waals surface area (Å²) in [6, 6.07) is 3.31. The van der Waals surface area contributed by atoms with E-state index >= 15 is 0 Å². The lowest BCUT2D eigenvalue weighted by atomic mass is 9.77. The molecule has 2 aliphatic rings. The fourth-order valence-electron chi connectivity index (χ4n) is 3.77. The van der Waals surface area contributed by atoms with Crippen molar-refractivity contribution in [2.75, 3.05) is 13.2 Å². The minimum atomic E-state index is -0.799. The van der Waals surface area contributed by atoms with Gasteiger partial charge in [-0.1, -0.05) is 19.9 Å². The van der Waals surface area contributed by atoms with E-state index < -0.39 is 23.2 Å². The molecule has 1 spiro atoms. The summed E-state index contributed by atoms with van der Waals surface area (Å²) in [5, 5.41) is 2.87. The van der Waals surface area contributed by atoms with Crippen LogP contribution in [0.4, 0.5) is 13.6 Å². The van der Waals surface area contributed by atoms with E-state index in [9.17, 15) is 18.4 Å². The number of nitrogens with zero attached hydrogens (tertiary/aromatic N) is 2. The number of amides is 3. The molecule has 1 aliphatic heterocycles. The highest BCUT2D eigenvalue weighted by Crippen LogP contribution is 2.36. The number of carbonyl (C=O) groups excluding carboxylic acids is 2. The normalized spacial score (nSPS) is 26.0. The second-order valence-corrected chi connectivity index (χ2v) is 7.41. The van der Waals surface area contributed by atoms with Crippen LogP contribution >= 0.6 is 0 Å². The Morgan fingerprint density at radius 3 is 2.42 bits per heavy atom. The molecule has 1 heterocycles. The van der Waals surface area contributed by atoms with E-state index in [2.05, 4.69) is 12.2 Å². The molecule has 1 aromatic carbocycles. The first-order chi connectivity index (χ1) is 12.4. The lowest BCUT2D eigenvalue weighted by molar-refractivity contribution is -0.134. The number of hydrogen-bond donors (Lipinski definition) is 1. The Balaban J connectivity index is 1.72. The average Bonchev–Trinajstić information content (AvgIpc) is 2.84. The monoisotopic (exact) mass is 365 g/mol. The number of nitrogens with one attached hydrogen (secondary N) is 1. The quantitative estimate of drug-likeness (QED) is 0.815. The first-order valence-corrected chi connectivity index (χ1v) is 9.15. The van der Waals surface area contributed by atoms with Crippen LogP contribution in [0.1, 0.15) is 45.1 Å². The van der Waals surface area contributed by atoms with E-state index in [-0.39, 0.29) is 24.7 Å². The maximum Gasteiger partial charge on any atom is 0.326 e. The minimum Gasteiger partial charge on any atom is -0.323 e. The molecule has 0 bridgehead atoms. The Hall–Kier alpha value is -2.02. The van der Waals surface area contributed by atoms with Gasteiger partial charge in [0.1, 0.15) is 17.2 Å². The van der Waals surface area contributed by atoms with Crippen LogP contribution in [0.2, 0.25) is 0 Å². The predicted molar refractivity (Wildman–Crippen MR) is 93.0 cm³/mol. The van der Waals surface area contributed by atoms with Crippen LogP contribution < -0.4 is 5.32 Å². The van der Waals surface area contributed by atoms with Crippen molar-refractivity contribution in [3.8, 4) is 0 Å². The third-order valence-corrected chi connectivity index (χ3v) is 5.61. The summed E-state index contributed by atoms with van der Waals surface area (Å²) in [6.45, 7) is 4.44. The zero-order valence-corrected chi connectivity index (χ0v) is 15.2. The van der Waals surface area contributed by atoms with Crippen LogP contribution in [0.15, 0.2) is 18.2 Å². The van der Waals surface area contributed by atoms with E-state index in [1.54, 1.807) is 4.90 Å². The van der Waals surface area contributed by atoms with Crippen molar-refractivity contribution in [3.05, 3.63) is 35.4 Å². The maximum atomic E-state index is 13.9. The molecule has 142 valence electrons. The summed E-state index contributed by atoms with van der Waals surface area (Å²) in [6.07, 6.45) is 3.09. The SMILES string of the molecule is CCN(Cc1c(F)cccc1F)CN1C(=O)NC2(CCC(C)CC2)C1=O. The molecule has 0 radical (unpaired) electrons. The van der Waals surface area contributed by atoms with Crippen LogP contribution in [0.5, 0.6) is 0 Å². The molecule has 7 heteroatoms. The summed E-state index contributed by atoms with van der Waals surface area (Å²) < 4.78 is 27.8. The van der Waals surface area contributed by atoms with E-state index in [1.807, 2.05) is 6.92 Å². The van der Waals surface area contributed by atoms with Gasteiger partial charge in [0.15, 0.2) is 0 Å². The molecule has 1 saturated carbocycles. The van der Waals surface area contributed by atoms with Crippen molar-refractivity contribution in [2.24, 2.45) is 5.92 Å². The van der Waals surface area contributed by atoms with Crippen molar-refractivity contribution in [3.63, 3.8) is 0 Å². The second-order valence-electron chi connectivity index (χ2n) is 7.41. The van der Waals surface area contributed by atoms with Gasteiger partial charge in [0.2, 0.25) is 0 Å². The fourth-order valence-corrected chi connectivity index (χ4v) is 3.77. The number of halogens is 2. The van der Waals surface area contributed by atoms with Crippen molar-refractivity contribution in [2.45, 2.75) is 51.6 Å². The number of hydrogen-bond acceptors (Lipinski definition) is 3. The van der Waals surface area contributed by atoms with Gasteiger partial charge in [0.05, 0.1) is 6.67 Å². The Morgan fingerprint density at radius 1 is 1.23 bits per heavy atom. The molecule has 3 rings (SSSR count). The highest BCUT2D eigenvalue weighted by atomic mass is 19.1. The molecule has 1 aliphatic carbocycles. The zero-order valence-electron chi connectivity index (χ0n) is 15.2. The summed E-state index contributed by atoms with van der Waals surface area (Å²) >= 11 is 0. The largest absolute Gasteiger partial charge is 0.326 e. The summed E-state index contributed by atoms with van der Waals surface area (Å²) in [5.74, 6) is -0.922. The molecule has 0 aromatic heterocycles. The summed E-state index contributed by atoms with van der Waals surface area (Å²) in [7, 11) is 0. The van der Waals surface area contributed by atoms with Crippen LogP contribution in [-0.2, 0) is 11.3 Å². The number of imide groups is 1. The molecule has 1 aromatic rings. The van der Waals surface area contributed by atoms with Gasteiger partial charge in [-0.15, -0.1) is 0 Å². The highest BCUT2D eigenvalue weighted by Gasteiger charge is 2.52. The van der Waals surface area contributed by atoms with E-state index in [1.165, 1.54) is 23.1 Å². The second kappa shape index (κ2) is 7.31. The average molecular weight is 365 g/mol. The van der Waals surface area contributed by atoms with Gasteiger partial charge in [-0.05, 0) is 50.3 Å². The van der Waals surface area contributed by atoms with Crippen LogP contribution in [0, 0.1) is 17.6 Å². The predicted octanol–water partition coefficient (Wildman–Crippen LogP) is 3.24. The number of rotatable bonds is 5. The van der Waals surface area contributed by atoms with Crippen molar-refractivity contribution in [1.29, 1.82) is 0 Å². The van der Waals surface area contributed by atoms with Crippen molar-refractivity contribution in [1.82, 2.24) is 15.1 Å². The van der Waals surface area contributed by atoms with Gasteiger partial charge >= 0.3 is 6.03 Å². The molecule has 0 unspecified atom stereocenters. The molecule has 26 heavy (non-hydrogen) atoms. The van der Waals surface area contributed by atoms with Gasteiger partial charge in [-0.2, -0.15) is 0 Å². The van der Waals surface area contributed by atoms with Crippen LogP contribution in [-0.4, -0.2) is 40.5 Å². The minimum absolute atomic E-state index is 0.00387. The number of carbonyl (C=O) groups is 2. The topological polar surface area (TPSA) is 52.6 Å². The highest BCUT2D eigenvalue weighted by molar-refractivity contribution is 6.07. The van der Waals surface area contributed by atoms with Gasteiger partial charge < -0.3 is 5.32 Å². The standard InChI is InChI=1S/C19H25F2N3O2/c1-3-23(11-14-15(20)5-4-6-16(14)21)12-24-17(25)19(22-18(24)26)9-7-13(2)8-10-19/h4-6,13H,3,7-12H2,1-2H3,(H,22,26). The Morgan fingerprint density at radius 2 is 1.85 bits per heavy atom. The Kier molecular flexibility index (Phi) is 5.27. The van der Waals surface area contributed by atoms with Crippen LogP contribution in [0.3, 0.4) is 0 Å². The van der Waals surface area contributed by atoms with E-state index in [0.29, 0.717) is 25.3 Å². The number of urea groups is 1. The third kappa shape index (κ3) is 3.45. The van der Waals surface area contributed by atoms with Gasteiger partial charge in [0.25, 0.3) is 5.91 Å². The van der Waals surface area contributed by atoms with Gasteiger partial charge in [-0.3, -0.25) is 9.69 Å². The first kappa shape index (κ1) is 18.8. The van der Waals surface area contributed by atoms with Gasteiger partial charge in [-0.25, -0.2) is 18.5 Å². The van der Waals surface area contributed by atoms with Crippen molar-refractivity contribution < 1.29 is 18.4 Å². The third-order valence-electron chi connectivity index (χ3n) is 5.61. The maximum absolute atomic E-state index is 13.9. The molecule has 3 amide bonds. The molecular formula is C19H25F2N3O2. The molecule has 1 saturated heterocycles. The lowest BCUT2D eigenvalue weighted by Gasteiger charge is -2.34. The Labute approximate surface area is 152 Å². The summed E-state index contributed by atoms with van der Waals surface area (Å²) in [5.41, 5.74) is -0.852. The molecule has 1 N–H and O–H groups in total. The smallest absolute Gasteiger partial charge is 0.323 e. The zero-order chi connectivity index (χ0) is 18.9. The first-order valence-electron chi connectivity index (χ1n) is 9.15. The molecule has 5 nitrogen and oxygen atoms in total. The van der Waals surface area contributed by atoms with E-state index in [4.69, 9.17) is 0 Å². The Bertz CT molecular complexity index is 682. The summed E-state index contributed by atoms with van der Waals surface area (Å²) in [4.78, 5) is 28.2. The molecule has 2 fully saturated rings. The molecular weight excluding hydrogens is 340 g/mol. The van der Waals surface area contributed by atoms with Crippen molar-refractivity contribution >= 4 is 11.9 Å². The van der Waals surface area contributed by atoms with Crippen LogP contribution in [0.25, 0.3) is 0 Å². The van der Waals surface area contributed by atoms with E-state index in [0.717, 1.165) is 12.8 Å². The molecule has 0 atom stereocenters. The number of benzene rings is 1. The fraction of sp³-hybridized carbons (Fsp3) is 0.579. The van der Waals surface area contributed by atoms with Gasteiger partial charge in [0, 0.05) is 12.1 Å².